The Balaban J connectivity index is 1.48. The molecule has 3 aromatic carbocycles. The fraction of sp³-hybridized carbons (Fsp3) is 0.241. The lowest BCUT2D eigenvalue weighted by Crippen LogP contribution is -2.35. The molecule has 4 aromatic rings. The Morgan fingerprint density at radius 3 is 2.39 bits per heavy atom. The highest BCUT2D eigenvalue weighted by Gasteiger charge is 2.33. The number of aryl methyl sites for hydroxylation is 1. The lowest BCUT2D eigenvalue weighted by atomic mass is 9.87. The Bertz CT molecular complexity index is 1600. The van der Waals surface area contributed by atoms with Gasteiger partial charge in [-0.2, -0.15) is 18.4 Å². The van der Waals surface area contributed by atoms with Crippen molar-refractivity contribution in [1.29, 1.82) is 5.26 Å². The lowest BCUT2D eigenvalue weighted by molar-refractivity contribution is -0.137. The summed E-state index contributed by atoms with van der Waals surface area (Å²) in [4.78, 5) is 15.0. The van der Waals surface area contributed by atoms with Crippen LogP contribution in [0.1, 0.15) is 35.4 Å². The number of hydrogen-bond donors (Lipinski definition) is 0. The third kappa shape index (κ3) is 4.88. The van der Waals surface area contributed by atoms with Gasteiger partial charge in [-0.1, -0.05) is 40.2 Å². The maximum Gasteiger partial charge on any atom is 0.416 e. The second-order valence-electron chi connectivity index (χ2n) is 9.29. The molecule has 5 rings (SSSR count). The molecule has 0 radical (unpaired) electrons. The number of nitriles is 1. The molecule has 0 atom stereocenters. The normalized spacial score (nSPS) is 14.5. The van der Waals surface area contributed by atoms with E-state index in [0.29, 0.717) is 48.4 Å². The number of aromatic nitrogens is 1. The van der Waals surface area contributed by atoms with E-state index >= 15 is 0 Å². The Morgan fingerprint density at radius 2 is 1.74 bits per heavy atom. The molecule has 0 amide bonds. The molecule has 0 N–H and O–H groups in total. The van der Waals surface area contributed by atoms with Crippen LogP contribution in [-0.4, -0.2) is 17.7 Å². The topological polar surface area (TPSA) is 58.3 Å². The standard InChI is InChI=1S/C29H23BrF3N3O2/c1-35-25-16-20(30)8-10-23(25)27(24(17-34)28(35)37)36-13-11-18(12-14-36)22-9-7-19(29(31,32)33)15-26(22)38-21-5-3-2-4-6-21/h2-10,15-16,18H,11-14H2,1H3. The van der Waals surface area contributed by atoms with Gasteiger partial charge in [0.1, 0.15) is 23.1 Å². The summed E-state index contributed by atoms with van der Waals surface area (Å²) >= 11 is 3.45. The fourth-order valence-electron chi connectivity index (χ4n) is 5.09. The molecular formula is C29H23BrF3N3O2. The summed E-state index contributed by atoms with van der Waals surface area (Å²) in [6, 6.07) is 20.1. The number of anilines is 1. The maximum atomic E-state index is 13.5. The van der Waals surface area contributed by atoms with E-state index in [-0.39, 0.29) is 22.8 Å². The van der Waals surface area contributed by atoms with Gasteiger partial charge in [0.15, 0.2) is 0 Å². The number of halogens is 4. The van der Waals surface area contributed by atoms with E-state index in [2.05, 4.69) is 22.0 Å². The number of nitrogens with zero attached hydrogens (tertiary/aromatic N) is 3. The Kier molecular flexibility index (Phi) is 6.93. The molecule has 0 unspecified atom stereocenters. The fourth-order valence-corrected chi connectivity index (χ4v) is 5.44. The predicted octanol–water partition coefficient (Wildman–Crippen LogP) is 7.37. The molecule has 1 saturated heterocycles. The lowest BCUT2D eigenvalue weighted by Gasteiger charge is -2.35. The molecule has 9 heteroatoms. The average Bonchev–Trinajstić information content (AvgIpc) is 2.91. The van der Waals surface area contributed by atoms with Crippen LogP contribution in [0.3, 0.4) is 0 Å². The summed E-state index contributed by atoms with van der Waals surface area (Å²) in [6.07, 6.45) is -3.25. The summed E-state index contributed by atoms with van der Waals surface area (Å²) in [5.41, 5.74) is 0.979. The van der Waals surface area contributed by atoms with Crippen LogP contribution in [0, 0.1) is 11.3 Å². The van der Waals surface area contributed by atoms with Gasteiger partial charge >= 0.3 is 6.18 Å². The van der Waals surface area contributed by atoms with Crippen molar-refractivity contribution in [2.75, 3.05) is 18.0 Å². The number of ether oxygens (including phenoxy) is 1. The van der Waals surface area contributed by atoms with Crippen molar-refractivity contribution in [3.8, 4) is 17.6 Å². The number of benzene rings is 3. The number of para-hydroxylation sites is 1. The molecule has 5 nitrogen and oxygen atoms in total. The zero-order valence-corrected chi connectivity index (χ0v) is 22.0. The molecule has 38 heavy (non-hydrogen) atoms. The van der Waals surface area contributed by atoms with Crippen molar-refractivity contribution in [3.63, 3.8) is 0 Å². The SMILES string of the molecule is Cn1c(=O)c(C#N)c(N2CCC(c3ccc(C(F)(F)F)cc3Oc3ccccc3)CC2)c2ccc(Br)cc21. The van der Waals surface area contributed by atoms with E-state index in [1.54, 1.807) is 31.3 Å². The minimum absolute atomic E-state index is 0.0512. The summed E-state index contributed by atoms with van der Waals surface area (Å²) in [5.74, 6) is 0.595. The van der Waals surface area contributed by atoms with Crippen molar-refractivity contribution in [1.82, 2.24) is 4.57 Å². The largest absolute Gasteiger partial charge is 0.457 e. The van der Waals surface area contributed by atoms with E-state index in [1.165, 1.54) is 10.6 Å². The van der Waals surface area contributed by atoms with E-state index < -0.39 is 11.7 Å². The average molecular weight is 582 g/mol. The number of fused-ring (bicyclic) bond motifs is 1. The first-order chi connectivity index (χ1) is 18.2. The first-order valence-electron chi connectivity index (χ1n) is 12.1. The van der Waals surface area contributed by atoms with Gasteiger partial charge in [0.05, 0.1) is 16.8 Å². The maximum absolute atomic E-state index is 13.5. The van der Waals surface area contributed by atoms with Gasteiger partial charge in [0.25, 0.3) is 5.56 Å². The number of piperidine rings is 1. The third-order valence-corrected chi connectivity index (χ3v) is 7.50. The molecule has 0 saturated carbocycles. The highest BCUT2D eigenvalue weighted by atomic mass is 79.9. The number of pyridine rings is 1. The molecule has 1 aromatic heterocycles. The number of rotatable bonds is 4. The van der Waals surface area contributed by atoms with Gasteiger partial charge in [-0.3, -0.25) is 4.79 Å². The summed E-state index contributed by atoms with van der Waals surface area (Å²) in [5, 5.41) is 10.7. The van der Waals surface area contributed by atoms with Crippen molar-refractivity contribution in [3.05, 3.63) is 98.2 Å². The van der Waals surface area contributed by atoms with Crippen LogP contribution in [0.4, 0.5) is 18.9 Å². The summed E-state index contributed by atoms with van der Waals surface area (Å²) < 4.78 is 48.7. The molecule has 0 aliphatic carbocycles. The highest BCUT2D eigenvalue weighted by molar-refractivity contribution is 9.10. The van der Waals surface area contributed by atoms with E-state index in [9.17, 15) is 23.2 Å². The summed E-state index contributed by atoms with van der Waals surface area (Å²) in [7, 11) is 1.65. The first-order valence-corrected chi connectivity index (χ1v) is 12.9. The van der Waals surface area contributed by atoms with Crippen LogP contribution < -0.4 is 15.2 Å². The molecule has 1 aliphatic heterocycles. The molecule has 194 valence electrons. The van der Waals surface area contributed by atoms with Gasteiger partial charge in [-0.25, -0.2) is 0 Å². The quantitative estimate of drug-likeness (QED) is 0.252. The van der Waals surface area contributed by atoms with Crippen LogP contribution in [0.15, 0.2) is 76.0 Å². The Labute approximate surface area is 225 Å². The third-order valence-electron chi connectivity index (χ3n) is 7.01. The molecule has 1 fully saturated rings. The van der Waals surface area contributed by atoms with E-state index in [0.717, 1.165) is 22.0 Å². The van der Waals surface area contributed by atoms with Gasteiger partial charge in [-0.15, -0.1) is 0 Å². The minimum atomic E-state index is -4.49. The van der Waals surface area contributed by atoms with Crippen LogP contribution in [0.5, 0.6) is 11.5 Å². The monoisotopic (exact) mass is 581 g/mol. The molecule has 0 bridgehead atoms. The molecule has 0 spiro atoms. The van der Waals surface area contributed by atoms with Crippen molar-refractivity contribution in [2.45, 2.75) is 24.9 Å². The number of alkyl halides is 3. The van der Waals surface area contributed by atoms with E-state index in [4.69, 9.17) is 4.74 Å². The van der Waals surface area contributed by atoms with Crippen LogP contribution in [0.25, 0.3) is 10.9 Å². The zero-order chi connectivity index (χ0) is 27.0. The van der Waals surface area contributed by atoms with Crippen LogP contribution in [0.2, 0.25) is 0 Å². The van der Waals surface area contributed by atoms with Gasteiger partial charge in [-0.05, 0) is 66.8 Å². The van der Waals surface area contributed by atoms with Crippen LogP contribution in [-0.2, 0) is 13.2 Å². The Morgan fingerprint density at radius 1 is 1.03 bits per heavy atom. The van der Waals surface area contributed by atoms with Crippen molar-refractivity contribution in [2.24, 2.45) is 7.05 Å². The summed E-state index contributed by atoms with van der Waals surface area (Å²) in [6.45, 7) is 1.06. The van der Waals surface area contributed by atoms with Gasteiger partial charge in [0.2, 0.25) is 0 Å². The minimum Gasteiger partial charge on any atom is -0.457 e. The number of hydrogen-bond acceptors (Lipinski definition) is 4. The van der Waals surface area contributed by atoms with Gasteiger partial charge in [0, 0.05) is 30.0 Å². The van der Waals surface area contributed by atoms with Crippen molar-refractivity contribution >= 4 is 32.5 Å². The Hall–Kier alpha value is -3.77. The van der Waals surface area contributed by atoms with Crippen LogP contribution >= 0.6 is 15.9 Å². The smallest absolute Gasteiger partial charge is 0.416 e. The molecular weight excluding hydrogens is 559 g/mol. The molecule has 1 aliphatic rings. The van der Waals surface area contributed by atoms with Gasteiger partial charge < -0.3 is 14.2 Å². The highest BCUT2D eigenvalue weighted by Crippen LogP contribution is 2.42. The predicted molar refractivity (Wildman–Crippen MR) is 144 cm³/mol. The first kappa shape index (κ1) is 25.9. The second-order valence-corrected chi connectivity index (χ2v) is 10.2. The van der Waals surface area contributed by atoms with Crippen molar-refractivity contribution < 1.29 is 17.9 Å². The molecule has 2 heterocycles. The van der Waals surface area contributed by atoms with E-state index in [1.807, 2.05) is 29.2 Å². The second kappa shape index (κ2) is 10.2. The zero-order valence-electron chi connectivity index (χ0n) is 20.4.